The molecule has 2 atom stereocenters. The summed E-state index contributed by atoms with van der Waals surface area (Å²) in [6.45, 7) is 7.79. The summed E-state index contributed by atoms with van der Waals surface area (Å²) in [6.07, 6.45) is 2.68. The van der Waals surface area contributed by atoms with E-state index >= 15 is 0 Å². The van der Waals surface area contributed by atoms with Gasteiger partial charge in [0.1, 0.15) is 5.60 Å². The third-order valence-electron chi connectivity index (χ3n) is 5.29. The molecule has 1 aromatic rings. The van der Waals surface area contributed by atoms with Crippen molar-refractivity contribution in [1.82, 2.24) is 10.2 Å². The molecule has 1 aromatic carbocycles. The number of likely N-dealkylation sites (tertiary alicyclic amines) is 1. The van der Waals surface area contributed by atoms with Gasteiger partial charge in [-0.25, -0.2) is 4.79 Å². The highest BCUT2D eigenvalue weighted by molar-refractivity contribution is 6.01. The molecule has 3 rings (SSSR count). The second kappa shape index (κ2) is 8.84. The summed E-state index contributed by atoms with van der Waals surface area (Å²) < 4.78 is 5.49. The molecule has 2 heterocycles. The lowest BCUT2D eigenvalue weighted by Gasteiger charge is -2.34. The Bertz CT molecular complexity index is 772. The fourth-order valence-electron chi connectivity index (χ4n) is 3.86. The largest absolute Gasteiger partial charge is 0.444 e. The topological polar surface area (TPSA) is 87.7 Å². The van der Waals surface area contributed by atoms with Crippen LogP contribution in [0.25, 0.3) is 0 Å². The number of carbonyl (C=O) groups is 3. The standard InChI is InChI=1S/C22H31N3O4/c1-22(2,3)29-21(28)25-11-5-6-15(14-25)13-23-17-8-4-7-16(12-17)18-9-10-19(26)24-20(18)27/h4,7-8,12,15,18,23H,5-6,9-11,13-14H2,1-3H3,(H,24,26,27)/t15-,18?/m1/s1. The number of anilines is 1. The summed E-state index contributed by atoms with van der Waals surface area (Å²) >= 11 is 0. The van der Waals surface area contributed by atoms with Crippen LogP contribution in [0, 0.1) is 5.92 Å². The second-order valence-electron chi connectivity index (χ2n) is 8.94. The molecule has 0 aromatic heterocycles. The first-order chi connectivity index (χ1) is 13.7. The van der Waals surface area contributed by atoms with Gasteiger partial charge in [-0.3, -0.25) is 14.9 Å². The fourth-order valence-corrected chi connectivity index (χ4v) is 3.86. The van der Waals surface area contributed by atoms with Crippen molar-refractivity contribution >= 4 is 23.6 Å². The Labute approximate surface area is 172 Å². The summed E-state index contributed by atoms with van der Waals surface area (Å²) in [5.74, 6) is -0.367. The van der Waals surface area contributed by atoms with Crippen molar-refractivity contribution in [2.45, 2.75) is 58.0 Å². The minimum absolute atomic E-state index is 0.202. The Morgan fingerprint density at radius 3 is 2.79 bits per heavy atom. The number of nitrogens with one attached hydrogen (secondary N) is 2. The monoisotopic (exact) mass is 401 g/mol. The van der Waals surface area contributed by atoms with Gasteiger partial charge in [0.2, 0.25) is 11.8 Å². The summed E-state index contributed by atoms with van der Waals surface area (Å²) in [5.41, 5.74) is 1.37. The van der Waals surface area contributed by atoms with Crippen LogP contribution in [-0.2, 0) is 14.3 Å². The third kappa shape index (κ3) is 5.95. The van der Waals surface area contributed by atoms with Gasteiger partial charge in [-0.15, -0.1) is 0 Å². The molecule has 29 heavy (non-hydrogen) atoms. The normalized spacial score (nSPS) is 22.8. The van der Waals surface area contributed by atoms with Gasteiger partial charge in [-0.1, -0.05) is 12.1 Å². The van der Waals surface area contributed by atoms with Gasteiger partial charge in [-0.05, 0) is 63.6 Å². The van der Waals surface area contributed by atoms with Crippen molar-refractivity contribution < 1.29 is 19.1 Å². The van der Waals surface area contributed by atoms with Crippen molar-refractivity contribution in [3.8, 4) is 0 Å². The lowest BCUT2D eigenvalue weighted by Crippen LogP contribution is -2.44. The van der Waals surface area contributed by atoms with E-state index in [0.717, 1.165) is 37.2 Å². The van der Waals surface area contributed by atoms with Crippen molar-refractivity contribution in [3.05, 3.63) is 29.8 Å². The minimum Gasteiger partial charge on any atom is -0.444 e. The number of carbonyl (C=O) groups excluding carboxylic acids is 3. The van der Waals surface area contributed by atoms with Gasteiger partial charge in [0.05, 0.1) is 5.92 Å². The Morgan fingerprint density at radius 1 is 1.28 bits per heavy atom. The van der Waals surface area contributed by atoms with Gasteiger partial charge < -0.3 is 15.0 Å². The molecule has 2 saturated heterocycles. The fraction of sp³-hybridized carbons (Fsp3) is 0.591. The highest BCUT2D eigenvalue weighted by Gasteiger charge is 2.29. The Hall–Kier alpha value is -2.57. The number of benzene rings is 1. The van der Waals surface area contributed by atoms with Crippen LogP contribution in [0.3, 0.4) is 0 Å². The first-order valence-corrected chi connectivity index (χ1v) is 10.4. The van der Waals surface area contributed by atoms with Crippen molar-refractivity contribution in [3.63, 3.8) is 0 Å². The van der Waals surface area contributed by atoms with Crippen molar-refractivity contribution in [1.29, 1.82) is 0 Å². The van der Waals surface area contributed by atoms with Gasteiger partial charge in [0, 0.05) is 31.7 Å². The molecule has 2 aliphatic rings. The molecule has 0 aliphatic carbocycles. The molecule has 2 fully saturated rings. The maximum atomic E-state index is 12.3. The molecule has 0 radical (unpaired) electrons. The van der Waals surface area contributed by atoms with E-state index in [2.05, 4.69) is 10.6 Å². The van der Waals surface area contributed by atoms with Crippen LogP contribution in [0.1, 0.15) is 57.9 Å². The lowest BCUT2D eigenvalue weighted by molar-refractivity contribution is -0.134. The average molecular weight is 402 g/mol. The quantitative estimate of drug-likeness (QED) is 0.756. The van der Waals surface area contributed by atoms with E-state index < -0.39 is 5.60 Å². The summed E-state index contributed by atoms with van der Waals surface area (Å²) in [4.78, 5) is 37.6. The van der Waals surface area contributed by atoms with Crippen LogP contribution in [0.15, 0.2) is 24.3 Å². The van der Waals surface area contributed by atoms with Gasteiger partial charge in [-0.2, -0.15) is 0 Å². The molecular weight excluding hydrogens is 370 g/mol. The number of nitrogens with zero attached hydrogens (tertiary/aromatic N) is 1. The average Bonchev–Trinajstić information content (AvgIpc) is 2.65. The summed E-state index contributed by atoms with van der Waals surface area (Å²) in [6, 6.07) is 7.81. The van der Waals surface area contributed by atoms with Crippen molar-refractivity contribution in [2.75, 3.05) is 25.0 Å². The molecular formula is C22H31N3O4. The molecule has 2 aliphatic heterocycles. The molecule has 2 N–H and O–H groups in total. The van der Waals surface area contributed by atoms with Crippen molar-refractivity contribution in [2.24, 2.45) is 5.92 Å². The first-order valence-electron chi connectivity index (χ1n) is 10.4. The van der Waals surface area contributed by atoms with Crippen LogP contribution in [-0.4, -0.2) is 48.0 Å². The van der Waals surface area contributed by atoms with E-state index in [1.807, 2.05) is 45.0 Å². The highest BCUT2D eigenvalue weighted by Crippen LogP contribution is 2.27. The molecule has 0 saturated carbocycles. The van der Waals surface area contributed by atoms with Gasteiger partial charge in [0.15, 0.2) is 0 Å². The van der Waals surface area contributed by atoms with Crippen LogP contribution in [0.4, 0.5) is 10.5 Å². The second-order valence-corrected chi connectivity index (χ2v) is 8.94. The van der Waals surface area contributed by atoms with Crippen LogP contribution >= 0.6 is 0 Å². The van der Waals surface area contributed by atoms with E-state index in [0.29, 0.717) is 25.3 Å². The number of ether oxygens (including phenoxy) is 1. The summed E-state index contributed by atoms with van der Waals surface area (Å²) in [7, 11) is 0. The molecule has 1 unspecified atom stereocenters. The third-order valence-corrected chi connectivity index (χ3v) is 5.29. The minimum atomic E-state index is -0.487. The van der Waals surface area contributed by atoms with Crippen LogP contribution in [0.5, 0.6) is 0 Å². The zero-order valence-corrected chi connectivity index (χ0v) is 17.5. The summed E-state index contributed by atoms with van der Waals surface area (Å²) in [5, 5.41) is 5.86. The molecule has 7 heteroatoms. The number of amides is 3. The molecule has 7 nitrogen and oxygen atoms in total. The SMILES string of the molecule is CC(C)(C)OC(=O)N1CCC[C@H](CNc2cccc(C3CCC(=O)NC3=O)c2)C1. The number of hydrogen-bond acceptors (Lipinski definition) is 5. The molecule has 0 spiro atoms. The number of piperidine rings is 2. The maximum Gasteiger partial charge on any atom is 0.410 e. The number of hydrogen-bond donors (Lipinski definition) is 2. The van der Waals surface area contributed by atoms with E-state index in [1.54, 1.807) is 4.90 Å². The molecule has 3 amide bonds. The smallest absolute Gasteiger partial charge is 0.410 e. The maximum absolute atomic E-state index is 12.3. The molecule has 0 bridgehead atoms. The van der Waals surface area contributed by atoms with Crippen LogP contribution < -0.4 is 10.6 Å². The van der Waals surface area contributed by atoms with Gasteiger partial charge in [0.25, 0.3) is 0 Å². The van der Waals surface area contributed by atoms with Gasteiger partial charge >= 0.3 is 6.09 Å². The first kappa shape index (κ1) is 21.1. The number of rotatable bonds is 4. The Balaban J connectivity index is 1.55. The van der Waals surface area contributed by atoms with E-state index in [9.17, 15) is 14.4 Å². The predicted octanol–water partition coefficient (Wildman–Crippen LogP) is 3.27. The zero-order valence-electron chi connectivity index (χ0n) is 17.5. The van der Waals surface area contributed by atoms with E-state index in [1.165, 1.54) is 0 Å². The zero-order chi connectivity index (χ0) is 21.0. The van der Waals surface area contributed by atoms with E-state index in [-0.39, 0.29) is 23.8 Å². The Kier molecular flexibility index (Phi) is 6.45. The lowest BCUT2D eigenvalue weighted by atomic mass is 9.90. The highest BCUT2D eigenvalue weighted by atomic mass is 16.6. The van der Waals surface area contributed by atoms with Crippen LogP contribution in [0.2, 0.25) is 0 Å². The number of imide groups is 1. The predicted molar refractivity (Wildman–Crippen MR) is 111 cm³/mol. The van der Waals surface area contributed by atoms with E-state index in [4.69, 9.17) is 4.74 Å². The Morgan fingerprint density at radius 2 is 2.07 bits per heavy atom. The molecule has 158 valence electrons.